The quantitative estimate of drug-likeness (QED) is 0.283. The molecule has 2 aromatic rings. The Hall–Kier alpha value is -2.33. The number of hydrogen-bond acceptors (Lipinski definition) is 4. The van der Waals surface area contributed by atoms with Crippen LogP contribution in [-0.2, 0) is 4.74 Å². The molecule has 0 saturated carbocycles. The highest BCUT2D eigenvalue weighted by Gasteiger charge is 2.23. The van der Waals surface area contributed by atoms with Crippen molar-refractivity contribution in [1.82, 2.24) is 0 Å². The molecule has 0 radical (unpaired) electrons. The predicted molar refractivity (Wildman–Crippen MR) is 129 cm³/mol. The Morgan fingerprint density at radius 1 is 0.844 bits per heavy atom. The first-order chi connectivity index (χ1) is 15.6. The van der Waals surface area contributed by atoms with Crippen molar-refractivity contribution in [2.75, 3.05) is 6.61 Å². The average molecular weight is 440 g/mol. The Balaban J connectivity index is 2.20. The van der Waals surface area contributed by atoms with E-state index in [-0.39, 0.29) is 17.8 Å². The number of ether oxygens (including phenoxy) is 2. The fourth-order valence-corrected chi connectivity index (χ4v) is 3.89. The number of benzene rings is 2. The van der Waals surface area contributed by atoms with E-state index in [1.165, 1.54) is 25.7 Å². The van der Waals surface area contributed by atoms with E-state index in [4.69, 9.17) is 9.47 Å². The predicted octanol–water partition coefficient (Wildman–Crippen LogP) is 6.42. The summed E-state index contributed by atoms with van der Waals surface area (Å²) >= 11 is 0. The molecule has 0 saturated heterocycles. The first kappa shape index (κ1) is 25.9. The minimum absolute atomic E-state index is 0.0119. The monoisotopic (exact) mass is 439 g/mol. The standard InChI is InChI=1S/C28H40O4/c1-4-7-9-10-11-16-27(25(6-3)31-21-8-5-2)32-26-15-13-12-14-24(26)22-17-19-23(20-18-22)28(29)30/h12-15,17-20,25,27H,4-11,16,21H2,1-3H3,(H,29,30)/p-1. The minimum atomic E-state index is -1.17. The summed E-state index contributed by atoms with van der Waals surface area (Å²) in [5.41, 5.74) is 2.05. The highest BCUT2D eigenvalue weighted by Crippen LogP contribution is 2.32. The molecule has 0 heterocycles. The summed E-state index contributed by atoms with van der Waals surface area (Å²) < 4.78 is 12.8. The van der Waals surface area contributed by atoms with Crippen molar-refractivity contribution in [3.8, 4) is 16.9 Å². The van der Waals surface area contributed by atoms with Gasteiger partial charge in [0.25, 0.3) is 0 Å². The summed E-state index contributed by atoms with van der Waals surface area (Å²) in [5, 5.41) is 11.1. The van der Waals surface area contributed by atoms with Crippen LogP contribution < -0.4 is 9.84 Å². The Bertz CT molecular complexity index is 784. The molecule has 0 N–H and O–H groups in total. The molecule has 0 amide bonds. The lowest BCUT2D eigenvalue weighted by Gasteiger charge is -2.28. The summed E-state index contributed by atoms with van der Waals surface area (Å²) in [4.78, 5) is 11.1. The molecule has 0 aliphatic heterocycles. The fourth-order valence-electron chi connectivity index (χ4n) is 3.89. The topological polar surface area (TPSA) is 58.6 Å². The number of carboxylic acid groups (broad SMARTS) is 1. The van der Waals surface area contributed by atoms with Gasteiger partial charge in [-0.25, -0.2) is 0 Å². The molecule has 4 heteroatoms. The normalized spacial score (nSPS) is 13.0. The van der Waals surface area contributed by atoms with Gasteiger partial charge in [-0.2, -0.15) is 0 Å². The van der Waals surface area contributed by atoms with E-state index >= 15 is 0 Å². The van der Waals surface area contributed by atoms with Gasteiger partial charge in [0.05, 0.1) is 12.1 Å². The Kier molecular flexibility index (Phi) is 11.9. The number of rotatable bonds is 16. The first-order valence-corrected chi connectivity index (χ1v) is 12.3. The van der Waals surface area contributed by atoms with Gasteiger partial charge in [-0.15, -0.1) is 0 Å². The highest BCUT2D eigenvalue weighted by atomic mass is 16.5. The van der Waals surface area contributed by atoms with Crippen LogP contribution in [0.15, 0.2) is 48.5 Å². The molecule has 0 bridgehead atoms. The number of para-hydroxylation sites is 1. The maximum Gasteiger partial charge on any atom is 0.127 e. The van der Waals surface area contributed by atoms with E-state index in [2.05, 4.69) is 20.8 Å². The zero-order valence-electron chi connectivity index (χ0n) is 20.0. The SMILES string of the molecule is CCCCCCCC(Oc1ccccc1-c1ccc(C(=O)[O-])cc1)C(CC)OCCCC. The van der Waals surface area contributed by atoms with Crippen molar-refractivity contribution in [3.05, 3.63) is 54.1 Å². The molecule has 2 rings (SSSR count). The van der Waals surface area contributed by atoms with E-state index in [9.17, 15) is 9.90 Å². The molecule has 0 aromatic heterocycles. The lowest BCUT2D eigenvalue weighted by Crippen LogP contribution is -2.34. The molecule has 32 heavy (non-hydrogen) atoms. The highest BCUT2D eigenvalue weighted by molar-refractivity contribution is 5.86. The Morgan fingerprint density at radius 3 is 2.19 bits per heavy atom. The van der Waals surface area contributed by atoms with Gasteiger partial charge < -0.3 is 19.4 Å². The van der Waals surface area contributed by atoms with E-state index < -0.39 is 5.97 Å². The summed E-state index contributed by atoms with van der Waals surface area (Å²) in [6.07, 6.45) is 10.2. The van der Waals surface area contributed by atoms with Crippen LogP contribution >= 0.6 is 0 Å². The molecule has 176 valence electrons. The molecule has 2 aromatic carbocycles. The van der Waals surface area contributed by atoms with E-state index in [0.29, 0.717) is 0 Å². The number of carbonyl (C=O) groups is 1. The molecule has 0 aliphatic carbocycles. The molecule has 2 unspecified atom stereocenters. The van der Waals surface area contributed by atoms with Gasteiger partial charge in [-0.3, -0.25) is 0 Å². The van der Waals surface area contributed by atoms with Crippen LogP contribution in [0.1, 0.15) is 88.9 Å². The van der Waals surface area contributed by atoms with Crippen LogP contribution in [0.25, 0.3) is 11.1 Å². The molecular weight excluding hydrogens is 400 g/mol. The van der Waals surface area contributed by atoms with Crippen molar-refractivity contribution in [2.45, 2.75) is 90.8 Å². The van der Waals surface area contributed by atoms with Crippen LogP contribution in [0, 0.1) is 0 Å². The lowest BCUT2D eigenvalue weighted by molar-refractivity contribution is -0.255. The maximum atomic E-state index is 11.1. The van der Waals surface area contributed by atoms with Gasteiger partial charge in [-0.1, -0.05) is 95.3 Å². The molecule has 0 fully saturated rings. The molecular formula is C28H39O4-. The van der Waals surface area contributed by atoms with Gasteiger partial charge in [0.15, 0.2) is 0 Å². The summed E-state index contributed by atoms with van der Waals surface area (Å²) in [6, 6.07) is 14.7. The first-order valence-electron chi connectivity index (χ1n) is 12.3. The average Bonchev–Trinajstić information content (AvgIpc) is 2.81. The third kappa shape index (κ3) is 8.31. The Labute approximate surface area is 194 Å². The Morgan fingerprint density at radius 2 is 1.53 bits per heavy atom. The molecule has 4 nitrogen and oxygen atoms in total. The second-order valence-electron chi connectivity index (χ2n) is 8.39. The van der Waals surface area contributed by atoms with Crippen LogP contribution in [-0.4, -0.2) is 24.8 Å². The van der Waals surface area contributed by atoms with E-state index in [1.54, 1.807) is 12.1 Å². The summed E-state index contributed by atoms with van der Waals surface area (Å²) in [6.45, 7) is 7.33. The lowest BCUT2D eigenvalue weighted by atomic mass is 10.0. The fraction of sp³-hybridized carbons (Fsp3) is 0.536. The smallest absolute Gasteiger partial charge is 0.127 e. The van der Waals surface area contributed by atoms with Crippen molar-refractivity contribution in [1.29, 1.82) is 0 Å². The maximum absolute atomic E-state index is 11.1. The number of carboxylic acids is 1. The van der Waals surface area contributed by atoms with Gasteiger partial charge in [-0.05, 0) is 42.9 Å². The van der Waals surface area contributed by atoms with Crippen LogP contribution in [0.5, 0.6) is 5.75 Å². The van der Waals surface area contributed by atoms with Crippen molar-refractivity contribution in [2.24, 2.45) is 0 Å². The van der Waals surface area contributed by atoms with Crippen LogP contribution in [0.2, 0.25) is 0 Å². The second kappa shape index (κ2) is 14.7. The molecule has 0 spiro atoms. The number of aromatic carboxylic acids is 1. The number of carbonyl (C=O) groups excluding carboxylic acids is 1. The zero-order chi connectivity index (χ0) is 23.2. The third-order valence-electron chi connectivity index (χ3n) is 5.84. The largest absolute Gasteiger partial charge is 0.545 e. The second-order valence-corrected chi connectivity index (χ2v) is 8.39. The molecule has 2 atom stereocenters. The van der Waals surface area contributed by atoms with E-state index in [0.717, 1.165) is 55.6 Å². The van der Waals surface area contributed by atoms with Gasteiger partial charge in [0, 0.05) is 12.2 Å². The summed E-state index contributed by atoms with van der Waals surface area (Å²) in [7, 11) is 0. The van der Waals surface area contributed by atoms with Gasteiger partial charge in [0.1, 0.15) is 11.9 Å². The minimum Gasteiger partial charge on any atom is -0.545 e. The van der Waals surface area contributed by atoms with Crippen LogP contribution in [0.4, 0.5) is 0 Å². The number of unbranched alkanes of at least 4 members (excludes halogenated alkanes) is 5. The molecule has 0 aliphatic rings. The van der Waals surface area contributed by atoms with Gasteiger partial charge in [0.2, 0.25) is 0 Å². The van der Waals surface area contributed by atoms with Gasteiger partial charge >= 0.3 is 0 Å². The van der Waals surface area contributed by atoms with Crippen LogP contribution in [0.3, 0.4) is 0 Å². The summed E-state index contributed by atoms with van der Waals surface area (Å²) in [5.74, 6) is -0.357. The van der Waals surface area contributed by atoms with Crippen molar-refractivity contribution >= 4 is 5.97 Å². The zero-order valence-corrected chi connectivity index (χ0v) is 20.0. The van der Waals surface area contributed by atoms with E-state index in [1.807, 2.05) is 36.4 Å². The number of hydrogen-bond donors (Lipinski definition) is 0. The van der Waals surface area contributed by atoms with Crippen molar-refractivity contribution < 1.29 is 19.4 Å². The third-order valence-corrected chi connectivity index (χ3v) is 5.84. The van der Waals surface area contributed by atoms with Crippen molar-refractivity contribution in [3.63, 3.8) is 0 Å².